The smallest absolute Gasteiger partial charge is 0.134 e. The van der Waals surface area contributed by atoms with Crippen LogP contribution < -0.4 is 5.32 Å². The van der Waals surface area contributed by atoms with Gasteiger partial charge in [0, 0.05) is 25.0 Å². The Bertz CT molecular complexity index is 304. The summed E-state index contributed by atoms with van der Waals surface area (Å²) in [5.41, 5.74) is 0. The third-order valence-electron chi connectivity index (χ3n) is 2.63. The lowest BCUT2D eigenvalue weighted by atomic mass is 10.2. The normalized spacial score (nSPS) is 22.2. The van der Waals surface area contributed by atoms with Gasteiger partial charge in [-0.15, -0.1) is 10.2 Å². The number of morpholine rings is 1. The van der Waals surface area contributed by atoms with Crippen molar-refractivity contribution in [1.29, 1.82) is 0 Å². The van der Waals surface area contributed by atoms with Gasteiger partial charge in [-0.25, -0.2) is 0 Å². The number of hydrogen-bond donors (Lipinski definition) is 1. The van der Waals surface area contributed by atoms with Crippen LogP contribution in [0.25, 0.3) is 0 Å². The molecular weight excluding hydrogens is 192 g/mol. The maximum absolute atomic E-state index is 5.41. The molecule has 0 bridgehead atoms. The lowest BCUT2D eigenvalue weighted by molar-refractivity contribution is 0.0760. The Morgan fingerprint density at radius 2 is 2.53 bits per heavy atom. The average molecular weight is 210 g/mol. The number of aromatic nitrogens is 3. The van der Waals surface area contributed by atoms with Crippen LogP contribution in [0.15, 0.2) is 6.33 Å². The second-order valence-corrected chi connectivity index (χ2v) is 4.18. The van der Waals surface area contributed by atoms with E-state index < -0.39 is 0 Å². The SMILES string of the molecule is CC(C)n1cnnc1CC1COCCN1. The Balaban J connectivity index is 1.99. The van der Waals surface area contributed by atoms with Gasteiger partial charge in [-0.2, -0.15) is 0 Å². The van der Waals surface area contributed by atoms with Crippen LogP contribution in [0.2, 0.25) is 0 Å². The van der Waals surface area contributed by atoms with E-state index in [1.807, 2.05) is 0 Å². The lowest BCUT2D eigenvalue weighted by Crippen LogP contribution is -2.43. The Hall–Kier alpha value is -0.940. The van der Waals surface area contributed by atoms with E-state index in [9.17, 15) is 0 Å². The number of nitrogens with zero attached hydrogens (tertiary/aromatic N) is 3. The maximum atomic E-state index is 5.41. The molecule has 1 aromatic rings. The minimum Gasteiger partial charge on any atom is -0.379 e. The number of rotatable bonds is 3. The van der Waals surface area contributed by atoms with Crippen LogP contribution in [0.1, 0.15) is 25.7 Å². The second-order valence-electron chi connectivity index (χ2n) is 4.18. The second kappa shape index (κ2) is 4.72. The molecule has 1 aromatic heterocycles. The van der Waals surface area contributed by atoms with E-state index in [4.69, 9.17) is 4.74 Å². The molecule has 1 aliphatic rings. The molecule has 2 rings (SSSR count). The fourth-order valence-corrected chi connectivity index (χ4v) is 1.82. The molecule has 1 atom stereocenters. The summed E-state index contributed by atoms with van der Waals surface area (Å²) in [7, 11) is 0. The number of hydrogen-bond acceptors (Lipinski definition) is 4. The van der Waals surface area contributed by atoms with Gasteiger partial charge in [0.15, 0.2) is 0 Å². The van der Waals surface area contributed by atoms with Gasteiger partial charge < -0.3 is 14.6 Å². The molecule has 0 aromatic carbocycles. The Morgan fingerprint density at radius 3 is 3.20 bits per heavy atom. The number of nitrogens with one attached hydrogen (secondary N) is 1. The van der Waals surface area contributed by atoms with E-state index in [0.29, 0.717) is 12.1 Å². The van der Waals surface area contributed by atoms with Gasteiger partial charge in [0.25, 0.3) is 0 Å². The first kappa shape index (κ1) is 10.6. The molecular formula is C10H18N4O. The lowest BCUT2D eigenvalue weighted by Gasteiger charge is -2.23. The van der Waals surface area contributed by atoms with Crippen molar-refractivity contribution in [3.8, 4) is 0 Å². The van der Waals surface area contributed by atoms with Crippen LogP contribution in [-0.4, -0.2) is 40.6 Å². The number of ether oxygens (including phenoxy) is 1. The highest BCUT2D eigenvalue weighted by atomic mass is 16.5. The zero-order valence-electron chi connectivity index (χ0n) is 9.31. The van der Waals surface area contributed by atoms with Crippen molar-refractivity contribution in [1.82, 2.24) is 20.1 Å². The minimum absolute atomic E-state index is 0.375. The van der Waals surface area contributed by atoms with E-state index in [1.165, 1.54) is 0 Å². The van der Waals surface area contributed by atoms with E-state index in [2.05, 4.69) is 33.9 Å². The summed E-state index contributed by atoms with van der Waals surface area (Å²) in [5.74, 6) is 1.04. The van der Waals surface area contributed by atoms with Gasteiger partial charge in [0.1, 0.15) is 12.2 Å². The van der Waals surface area contributed by atoms with Crippen LogP contribution in [0.4, 0.5) is 0 Å². The van der Waals surface area contributed by atoms with E-state index in [1.54, 1.807) is 6.33 Å². The van der Waals surface area contributed by atoms with Crippen LogP contribution >= 0.6 is 0 Å². The van der Waals surface area contributed by atoms with Gasteiger partial charge in [0.2, 0.25) is 0 Å². The van der Waals surface area contributed by atoms with Crippen molar-refractivity contribution in [3.63, 3.8) is 0 Å². The highest BCUT2D eigenvalue weighted by Crippen LogP contribution is 2.09. The fourth-order valence-electron chi connectivity index (χ4n) is 1.82. The zero-order chi connectivity index (χ0) is 10.7. The Labute approximate surface area is 89.8 Å². The summed E-state index contributed by atoms with van der Waals surface area (Å²) >= 11 is 0. The largest absolute Gasteiger partial charge is 0.379 e. The summed E-state index contributed by atoms with van der Waals surface area (Å²) < 4.78 is 7.52. The molecule has 0 amide bonds. The highest BCUT2D eigenvalue weighted by Gasteiger charge is 2.17. The highest BCUT2D eigenvalue weighted by molar-refractivity contribution is 4.93. The molecule has 1 unspecified atom stereocenters. The van der Waals surface area contributed by atoms with Crippen LogP contribution in [0.5, 0.6) is 0 Å². The Morgan fingerprint density at radius 1 is 1.67 bits per heavy atom. The molecule has 1 saturated heterocycles. The van der Waals surface area contributed by atoms with Gasteiger partial charge >= 0.3 is 0 Å². The molecule has 1 aliphatic heterocycles. The molecule has 2 heterocycles. The van der Waals surface area contributed by atoms with Crippen molar-refractivity contribution >= 4 is 0 Å². The minimum atomic E-state index is 0.375. The summed E-state index contributed by atoms with van der Waals surface area (Å²) in [4.78, 5) is 0. The predicted molar refractivity (Wildman–Crippen MR) is 56.7 cm³/mol. The molecule has 1 fully saturated rings. The third-order valence-corrected chi connectivity index (χ3v) is 2.63. The van der Waals surface area contributed by atoms with Crippen molar-refractivity contribution in [2.45, 2.75) is 32.4 Å². The molecule has 84 valence electrons. The molecule has 15 heavy (non-hydrogen) atoms. The molecule has 0 aliphatic carbocycles. The molecule has 0 radical (unpaired) electrons. The van der Waals surface area contributed by atoms with E-state index in [0.717, 1.165) is 32.0 Å². The topological polar surface area (TPSA) is 52.0 Å². The van der Waals surface area contributed by atoms with E-state index in [-0.39, 0.29) is 0 Å². The van der Waals surface area contributed by atoms with Crippen molar-refractivity contribution < 1.29 is 4.74 Å². The van der Waals surface area contributed by atoms with Gasteiger partial charge in [0.05, 0.1) is 13.2 Å². The summed E-state index contributed by atoms with van der Waals surface area (Å²) in [6, 6.07) is 0.792. The van der Waals surface area contributed by atoms with Crippen molar-refractivity contribution in [2.24, 2.45) is 0 Å². The average Bonchev–Trinajstić information content (AvgIpc) is 2.67. The van der Waals surface area contributed by atoms with Crippen LogP contribution in [0.3, 0.4) is 0 Å². The molecule has 5 heteroatoms. The first-order valence-corrected chi connectivity index (χ1v) is 5.47. The molecule has 1 N–H and O–H groups in total. The quantitative estimate of drug-likeness (QED) is 0.784. The Kier molecular flexibility index (Phi) is 3.33. The summed E-state index contributed by atoms with van der Waals surface area (Å²) in [6.07, 6.45) is 2.68. The summed E-state index contributed by atoms with van der Waals surface area (Å²) in [6.45, 7) is 6.79. The predicted octanol–water partition coefficient (Wildman–Crippen LogP) is 0.390. The standard InChI is InChI=1S/C10H18N4O/c1-8(2)14-7-12-13-10(14)5-9-6-15-4-3-11-9/h7-9,11H,3-6H2,1-2H3. The van der Waals surface area contributed by atoms with Gasteiger partial charge in [-0.1, -0.05) is 0 Å². The van der Waals surface area contributed by atoms with Gasteiger partial charge in [-0.3, -0.25) is 0 Å². The molecule has 5 nitrogen and oxygen atoms in total. The fraction of sp³-hybridized carbons (Fsp3) is 0.800. The maximum Gasteiger partial charge on any atom is 0.134 e. The summed E-state index contributed by atoms with van der Waals surface area (Å²) in [5, 5.41) is 11.5. The molecule has 0 spiro atoms. The third kappa shape index (κ3) is 2.54. The van der Waals surface area contributed by atoms with Crippen molar-refractivity contribution in [3.05, 3.63) is 12.2 Å². The van der Waals surface area contributed by atoms with Crippen LogP contribution in [0, 0.1) is 0 Å². The van der Waals surface area contributed by atoms with Gasteiger partial charge in [-0.05, 0) is 13.8 Å². The first-order chi connectivity index (χ1) is 7.27. The van der Waals surface area contributed by atoms with Crippen LogP contribution in [-0.2, 0) is 11.2 Å². The monoisotopic (exact) mass is 210 g/mol. The first-order valence-electron chi connectivity index (χ1n) is 5.47. The molecule has 0 saturated carbocycles. The van der Waals surface area contributed by atoms with Crippen molar-refractivity contribution in [2.75, 3.05) is 19.8 Å². The zero-order valence-corrected chi connectivity index (χ0v) is 9.31. The van der Waals surface area contributed by atoms with E-state index >= 15 is 0 Å².